The zero-order valence-corrected chi connectivity index (χ0v) is 8.70. The van der Waals surface area contributed by atoms with Gasteiger partial charge in [0.05, 0.1) is 27.7 Å². The first-order valence-corrected chi connectivity index (χ1v) is 4.60. The molecule has 0 unspecified atom stereocenters. The second-order valence-electron chi connectivity index (χ2n) is 4.29. The number of rotatable bonds is 3. The van der Waals surface area contributed by atoms with Crippen molar-refractivity contribution < 1.29 is 4.48 Å². The second kappa shape index (κ2) is 4.24. The summed E-state index contributed by atoms with van der Waals surface area (Å²) in [4.78, 5) is 0. The lowest BCUT2D eigenvalue weighted by Gasteiger charge is -2.21. The van der Waals surface area contributed by atoms with Crippen molar-refractivity contribution in [1.82, 2.24) is 0 Å². The van der Waals surface area contributed by atoms with Gasteiger partial charge in [0, 0.05) is 0 Å². The molecule has 0 aliphatic rings. The Bertz CT molecular complexity index is 267. The Hall–Kier alpha value is -1.08. The molecule has 1 heteroatoms. The first kappa shape index (κ1) is 10.0. The van der Waals surface area contributed by atoms with Gasteiger partial charge in [-0.05, 0) is 11.6 Å². The molecule has 1 nitrogen and oxygen atoms in total. The molecule has 0 bridgehead atoms. The van der Waals surface area contributed by atoms with Crippen LogP contribution in [0.3, 0.4) is 0 Å². The van der Waals surface area contributed by atoms with Gasteiger partial charge in [-0.25, -0.2) is 0 Å². The lowest BCUT2D eigenvalue weighted by molar-refractivity contribution is -0.864. The van der Waals surface area contributed by atoms with Crippen molar-refractivity contribution in [2.75, 3.05) is 27.7 Å². The molecule has 70 valence electrons. The van der Waals surface area contributed by atoms with Gasteiger partial charge in [-0.1, -0.05) is 36.4 Å². The van der Waals surface area contributed by atoms with Crippen molar-refractivity contribution in [3.8, 4) is 0 Å². The fraction of sp³-hybridized carbons (Fsp3) is 0.333. The van der Waals surface area contributed by atoms with Crippen molar-refractivity contribution in [2.45, 2.75) is 0 Å². The highest BCUT2D eigenvalue weighted by Crippen LogP contribution is 2.01. The molecule has 0 fully saturated rings. The van der Waals surface area contributed by atoms with E-state index in [1.54, 1.807) is 0 Å². The van der Waals surface area contributed by atoms with Crippen LogP contribution in [-0.4, -0.2) is 32.2 Å². The van der Waals surface area contributed by atoms with Gasteiger partial charge in [0.15, 0.2) is 0 Å². The van der Waals surface area contributed by atoms with Gasteiger partial charge in [-0.3, -0.25) is 0 Å². The number of benzene rings is 1. The minimum atomic E-state index is 0.976. The molecule has 0 saturated carbocycles. The smallest absolute Gasteiger partial charge is 0.0970 e. The fourth-order valence-corrected chi connectivity index (χ4v) is 1.07. The Morgan fingerprint density at radius 1 is 1.08 bits per heavy atom. The Kier molecular flexibility index (Phi) is 3.26. The van der Waals surface area contributed by atoms with Crippen molar-refractivity contribution in [3.63, 3.8) is 0 Å². The van der Waals surface area contributed by atoms with Gasteiger partial charge in [0.2, 0.25) is 0 Å². The Morgan fingerprint density at radius 3 is 2.23 bits per heavy atom. The Labute approximate surface area is 80.9 Å². The van der Waals surface area contributed by atoms with Crippen molar-refractivity contribution in [1.29, 1.82) is 0 Å². The Morgan fingerprint density at radius 2 is 1.69 bits per heavy atom. The topological polar surface area (TPSA) is 0 Å². The summed E-state index contributed by atoms with van der Waals surface area (Å²) in [5.74, 6) is 0. The largest absolute Gasteiger partial charge is 0.328 e. The van der Waals surface area contributed by atoms with Crippen LogP contribution in [0.15, 0.2) is 36.4 Å². The molecular formula is C12H18N+. The maximum atomic E-state index is 2.22. The number of nitrogens with zero attached hydrogens (tertiary/aromatic N) is 1. The molecule has 0 saturated heterocycles. The minimum absolute atomic E-state index is 0.976. The number of quaternary nitrogens is 1. The lowest BCUT2D eigenvalue weighted by atomic mass is 10.2. The van der Waals surface area contributed by atoms with Crippen LogP contribution in [0.25, 0.3) is 6.08 Å². The maximum absolute atomic E-state index is 2.22. The van der Waals surface area contributed by atoms with Crippen molar-refractivity contribution >= 4 is 6.08 Å². The monoisotopic (exact) mass is 176 g/mol. The summed E-state index contributed by atoms with van der Waals surface area (Å²) in [5.41, 5.74) is 1.27. The average Bonchev–Trinajstić information content (AvgIpc) is 2.04. The number of likely N-dealkylation sites (N-methyl/N-ethyl adjacent to an activating group) is 1. The molecule has 0 N–H and O–H groups in total. The van der Waals surface area contributed by atoms with Crippen LogP contribution < -0.4 is 0 Å². The summed E-state index contributed by atoms with van der Waals surface area (Å²) in [5, 5.41) is 0. The van der Waals surface area contributed by atoms with Crippen molar-refractivity contribution in [3.05, 3.63) is 42.0 Å². The molecule has 1 aromatic rings. The standard InChI is InChI=1S/C12H18N/c1-13(2,3)11-7-10-12-8-5-4-6-9-12/h4-10H,11H2,1-3H3/q+1/b10-7+. The summed E-state index contributed by atoms with van der Waals surface area (Å²) in [6, 6.07) is 10.4. The van der Waals surface area contributed by atoms with E-state index < -0.39 is 0 Å². The van der Waals surface area contributed by atoms with Crippen LogP contribution in [0.5, 0.6) is 0 Å². The number of hydrogen-bond donors (Lipinski definition) is 0. The fourth-order valence-electron chi connectivity index (χ4n) is 1.07. The van der Waals surface area contributed by atoms with Crippen LogP contribution >= 0.6 is 0 Å². The van der Waals surface area contributed by atoms with Gasteiger partial charge in [0.25, 0.3) is 0 Å². The predicted octanol–water partition coefficient (Wildman–Crippen LogP) is 2.41. The summed E-state index contributed by atoms with van der Waals surface area (Å²) in [6.07, 6.45) is 4.39. The van der Waals surface area contributed by atoms with E-state index in [2.05, 4.69) is 57.6 Å². The van der Waals surface area contributed by atoms with Crippen molar-refractivity contribution in [2.24, 2.45) is 0 Å². The third-order valence-electron chi connectivity index (χ3n) is 1.76. The molecule has 0 aliphatic carbocycles. The van der Waals surface area contributed by atoms with Gasteiger partial charge >= 0.3 is 0 Å². The van der Waals surface area contributed by atoms with E-state index >= 15 is 0 Å². The first-order valence-electron chi connectivity index (χ1n) is 4.60. The second-order valence-corrected chi connectivity index (χ2v) is 4.29. The van der Waals surface area contributed by atoms with E-state index in [1.807, 2.05) is 6.07 Å². The average molecular weight is 176 g/mol. The van der Waals surface area contributed by atoms with E-state index in [4.69, 9.17) is 0 Å². The van der Waals surface area contributed by atoms with E-state index in [0.29, 0.717) is 0 Å². The van der Waals surface area contributed by atoms with Gasteiger partial charge in [-0.2, -0.15) is 0 Å². The normalized spacial score (nSPS) is 12.2. The molecular weight excluding hydrogens is 158 g/mol. The third-order valence-corrected chi connectivity index (χ3v) is 1.76. The predicted molar refractivity (Wildman–Crippen MR) is 58.4 cm³/mol. The van der Waals surface area contributed by atoms with Gasteiger partial charge < -0.3 is 4.48 Å². The summed E-state index contributed by atoms with van der Waals surface area (Å²) in [7, 11) is 6.57. The van der Waals surface area contributed by atoms with Crippen LogP contribution in [0.1, 0.15) is 5.56 Å². The molecule has 0 aliphatic heterocycles. The zero-order chi connectivity index (χ0) is 9.73. The molecule has 0 spiro atoms. The van der Waals surface area contributed by atoms with Crippen LogP contribution in [0.2, 0.25) is 0 Å². The maximum Gasteiger partial charge on any atom is 0.0970 e. The SMILES string of the molecule is C[N+](C)(C)C/C=C/c1ccccc1. The lowest BCUT2D eigenvalue weighted by Crippen LogP contribution is -2.34. The molecule has 0 atom stereocenters. The minimum Gasteiger partial charge on any atom is -0.328 e. The molecule has 0 heterocycles. The highest BCUT2D eigenvalue weighted by Gasteiger charge is 2.01. The first-order chi connectivity index (χ1) is 6.08. The quantitative estimate of drug-likeness (QED) is 0.620. The molecule has 1 aromatic carbocycles. The summed E-state index contributed by atoms with van der Waals surface area (Å²) in [6.45, 7) is 1.06. The molecule has 13 heavy (non-hydrogen) atoms. The third kappa shape index (κ3) is 4.48. The molecule has 0 aromatic heterocycles. The Balaban J connectivity index is 2.51. The van der Waals surface area contributed by atoms with Crippen LogP contribution in [-0.2, 0) is 0 Å². The highest BCUT2D eigenvalue weighted by molar-refractivity contribution is 5.48. The number of hydrogen-bond acceptors (Lipinski definition) is 0. The van der Waals surface area contributed by atoms with Gasteiger partial charge in [-0.15, -0.1) is 0 Å². The van der Waals surface area contributed by atoms with Crippen LogP contribution in [0, 0.1) is 0 Å². The zero-order valence-electron chi connectivity index (χ0n) is 8.70. The van der Waals surface area contributed by atoms with E-state index in [1.165, 1.54) is 5.56 Å². The summed E-state index contributed by atoms with van der Waals surface area (Å²) >= 11 is 0. The van der Waals surface area contributed by atoms with E-state index in [9.17, 15) is 0 Å². The van der Waals surface area contributed by atoms with E-state index in [-0.39, 0.29) is 0 Å². The van der Waals surface area contributed by atoms with Gasteiger partial charge in [0.1, 0.15) is 0 Å². The molecule has 1 rings (SSSR count). The molecule has 0 radical (unpaired) electrons. The summed E-state index contributed by atoms with van der Waals surface area (Å²) < 4.78 is 0.976. The highest BCUT2D eigenvalue weighted by atomic mass is 15.3. The van der Waals surface area contributed by atoms with E-state index in [0.717, 1.165) is 11.0 Å². The van der Waals surface area contributed by atoms with Crippen LogP contribution in [0.4, 0.5) is 0 Å². The molecule has 0 amide bonds.